The predicted octanol–water partition coefficient (Wildman–Crippen LogP) is 2.49. The maximum atomic E-state index is 12.1. The normalized spacial score (nSPS) is 15.6. The minimum Gasteiger partial charge on any atom is -0.493 e. The third kappa shape index (κ3) is 4.81. The number of hydrogen-bond acceptors (Lipinski definition) is 7. The molecule has 8 nitrogen and oxygen atoms in total. The molecule has 2 heterocycles. The lowest BCUT2D eigenvalue weighted by atomic mass is 9.95. The van der Waals surface area contributed by atoms with E-state index in [1.54, 1.807) is 14.2 Å². The van der Waals surface area contributed by atoms with Crippen LogP contribution in [0.2, 0.25) is 0 Å². The van der Waals surface area contributed by atoms with Crippen LogP contribution in [0.15, 0.2) is 22.7 Å². The number of carbonyl (C=O) groups is 1. The zero-order valence-electron chi connectivity index (χ0n) is 16.9. The van der Waals surface area contributed by atoms with E-state index < -0.39 is 0 Å². The van der Waals surface area contributed by atoms with Gasteiger partial charge in [0, 0.05) is 17.5 Å². The number of benzene rings is 1. The summed E-state index contributed by atoms with van der Waals surface area (Å²) in [5.41, 5.74) is 0.803. The molecule has 0 atom stereocenters. The van der Waals surface area contributed by atoms with Crippen LogP contribution in [0.3, 0.4) is 0 Å². The van der Waals surface area contributed by atoms with Crippen LogP contribution < -0.4 is 14.8 Å². The second-order valence-corrected chi connectivity index (χ2v) is 7.30. The summed E-state index contributed by atoms with van der Waals surface area (Å²) in [4.78, 5) is 18.9. The summed E-state index contributed by atoms with van der Waals surface area (Å²) in [5.74, 6) is 2.59. The maximum absolute atomic E-state index is 12.1. The minimum atomic E-state index is 0.0867. The van der Waals surface area contributed by atoms with Crippen molar-refractivity contribution in [3.63, 3.8) is 0 Å². The quantitative estimate of drug-likeness (QED) is 0.779. The van der Waals surface area contributed by atoms with E-state index in [0.29, 0.717) is 29.8 Å². The molecule has 28 heavy (non-hydrogen) atoms. The first-order chi connectivity index (χ1) is 13.5. The Morgan fingerprint density at radius 2 is 1.96 bits per heavy atom. The van der Waals surface area contributed by atoms with E-state index in [2.05, 4.69) is 20.4 Å². The Labute approximate surface area is 165 Å². The van der Waals surface area contributed by atoms with Crippen LogP contribution in [0, 0.1) is 5.92 Å². The van der Waals surface area contributed by atoms with Crippen LogP contribution >= 0.6 is 0 Å². The van der Waals surface area contributed by atoms with Crippen molar-refractivity contribution in [1.82, 2.24) is 20.4 Å². The van der Waals surface area contributed by atoms with Crippen molar-refractivity contribution >= 4 is 5.91 Å². The van der Waals surface area contributed by atoms with Crippen molar-refractivity contribution < 1.29 is 18.8 Å². The van der Waals surface area contributed by atoms with Gasteiger partial charge < -0.3 is 19.3 Å². The molecule has 0 spiro atoms. The van der Waals surface area contributed by atoms with Crippen molar-refractivity contribution in [3.05, 3.63) is 24.1 Å². The van der Waals surface area contributed by atoms with Gasteiger partial charge in [-0.25, -0.2) is 0 Å². The molecular formula is C20H28N4O4. The molecule has 1 aliphatic rings. The van der Waals surface area contributed by atoms with Gasteiger partial charge in [-0.2, -0.15) is 4.98 Å². The van der Waals surface area contributed by atoms with Crippen LogP contribution in [0.4, 0.5) is 0 Å². The third-order valence-corrected chi connectivity index (χ3v) is 4.86. The van der Waals surface area contributed by atoms with Crippen molar-refractivity contribution in [1.29, 1.82) is 0 Å². The van der Waals surface area contributed by atoms with E-state index in [1.807, 2.05) is 32.0 Å². The number of nitrogens with one attached hydrogen (secondary N) is 1. The van der Waals surface area contributed by atoms with Crippen molar-refractivity contribution in [3.8, 4) is 22.9 Å². The fourth-order valence-electron chi connectivity index (χ4n) is 3.36. The van der Waals surface area contributed by atoms with Crippen LogP contribution in [0.1, 0.15) is 32.6 Å². The summed E-state index contributed by atoms with van der Waals surface area (Å²) < 4.78 is 16.0. The average Bonchev–Trinajstić information content (AvgIpc) is 3.16. The smallest absolute Gasteiger partial charge is 0.241 e. The van der Waals surface area contributed by atoms with Gasteiger partial charge in [-0.05, 0) is 58.0 Å². The van der Waals surface area contributed by atoms with Crippen LogP contribution in [0.5, 0.6) is 11.5 Å². The Morgan fingerprint density at radius 3 is 2.61 bits per heavy atom. The number of hydrogen-bond donors (Lipinski definition) is 1. The Morgan fingerprint density at radius 1 is 1.25 bits per heavy atom. The molecule has 1 amide bonds. The average molecular weight is 388 g/mol. The largest absolute Gasteiger partial charge is 0.493 e. The van der Waals surface area contributed by atoms with E-state index in [-0.39, 0.29) is 17.9 Å². The molecule has 0 aliphatic carbocycles. The highest BCUT2D eigenvalue weighted by Gasteiger charge is 2.26. The van der Waals surface area contributed by atoms with Crippen molar-refractivity contribution in [2.75, 3.05) is 27.3 Å². The molecule has 1 fully saturated rings. The van der Waals surface area contributed by atoms with Gasteiger partial charge in [0.1, 0.15) is 0 Å². The number of rotatable bonds is 7. The van der Waals surface area contributed by atoms with Crippen molar-refractivity contribution in [2.45, 2.75) is 39.3 Å². The van der Waals surface area contributed by atoms with Gasteiger partial charge in [-0.1, -0.05) is 5.16 Å². The van der Waals surface area contributed by atoms with E-state index in [4.69, 9.17) is 14.0 Å². The fraction of sp³-hybridized carbons (Fsp3) is 0.550. The lowest BCUT2D eigenvalue weighted by Crippen LogP contribution is -2.42. The Kier molecular flexibility index (Phi) is 6.51. The second-order valence-electron chi connectivity index (χ2n) is 7.30. The highest BCUT2D eigenvalue weighted by molar-refractivity contribution is 5.79. The number of ether oxygens (including phenoxy) is 2. The van der Waals surface area contributed by atoms with E-state index in [1.165, 1.54) is 0 Å². The summed E-state index contributed by atoms with van der Waals surface area (Å²) in [6.45, 7) is 6.23. The lowest BCUT2D eigenvalue weighted by Gasteiger charge is -2.30. The highest BCUT2D eigenvalue weighted by atomic mass is 16.5. The molecule has 1 saturated heterocycles. The zero-order valence-corrected chi connectivity index (χ0v) is 16.9. The highest BCUT2D eigenvalue weighted by Crippen LogP contribution is 2.31. The number of nitrogens with zero attached hydrogens (tertiary/aromatic N) is 3. The van der Waals surface area contributed by atoms with Gasteiger partial charge in [0.05, 0.1) is 20.8 Å². The monoisotopic (exact) mass is 388 g/mol. The van der Waals surface area contributed by atoms with Crippen molar-refractivity contribution in [2.24, 2.45) is 5.92 Å². The van der Waals surface area contributed by atoms with E-state index in [0.717, 1.165) is 31.5 Å². The number of aromatic nitrogens is 2. The Bertz CT molecular complexity index is 797. The first-order valence-electron chi connectivity index (χ1n) is 9.58. The topological polar surface area (TPSA) is 89.7 Å². The minimum absolute atomic E-state index is 0.0867. The molecule has 1 aromatic carbocycles. The molecule has 1 aliphatic heterocycles. The van der Waals surface area contributed by atoms with Crippen LogP contribution in [-0.4, -0.2) is 54.3 Å². The standard InChI is InChI=1S/C20H28N4O4/c1-13(2)21-20(25)14-7-9-24(10-8-14)12-18-22-19(23-28-18)15-5-6-16(26-3)17(11-15)27-4/h5-6,11,13-14H,7-10,12H2,1-4H3,(H,21,25). The first kappa shape index (κ1) is 20.1. The Hall–Kier alpha value is -2.61. The van der Waals surface area contributed by atoms with E-state index in [9.17, 15) is 4.79 Å². The van der Waals surface area contributed by atoms with Gasteiger partial charge in [0.25, 0.3) is 0 Å². The zero-order chi connectivity index (χ0) is 20.1. The number of piperidine rings is 1. The molecule has 152 valence electrons. The molecule has 8 heteroatoms. The van der Waals surface area contributed by atoms with Crippen LogP contribution in [-0.2, 0) is 11.3 Å². The lowest BCUT2D eigenvalue weighted by molar-refractivity contribution is -0.127. The summed E-state index contributed by atoms with van der Waals surface area (Å²) in [6, 6.07) is 5.69. The SMILES string of the molecule is COc1ccc(-c2noc(CN3CCC(C(=O)NC(C)C)CC3)n2)cc1OC. The number of methoxy groups -OCH3 is 2. The summed E-state index contributed by atoms with van der Waals surface area (Å²) in [6.07, 6.45) is 1.68. The molecule has 0 unspecified atom stereocenters. The molecule has 0 bridgehead atoms. The second kappa shape index (κ2) is 9.05. The van der Waals surface area contributed by atoms with Gasteiger partial charge in [-0.3, -0.25) is 9.69 Å². The number of amides is 1. The van der Waals surface area contributed by atoms with Gasteiger partial charge in [-0.15, -0.1) is 0 Å². The molecule has 3 rings (SSSR count). The molecule has 2 aromatic rings. The van der Waals surface area contributed by atoms with Gasteiger partial charge in [0.2, 0.25) is 17.6 Å². The molecule has 0 radical (unpaired) electrons. The maximum Gasteiger partial charge on any atom is 0.241 e. The molecular weight excluding hydrogens is 360 g/mol. The fourth-order valence-corrected chi connectivity index (χ4v) is 3.36. The van der Waals surface area contributed by atoms with E-state index >= 15 is 0 Å². The van der Waals surface area contributed by atoms with Gasteiger partial charge in [0.15, 0.2) is 11.5 Å². The van der Waals surface area contributed by atoms with Gasteiger partial charge >= 0.3 is 0 Å². The first-order valence-corrected chi connectivity index (χ1v) is 9.58. The Balaban J connectivity index is 1.58. The summed E-state index contributed by atoms with van der Waals surface area (Å²) in [7, 11) is 3.19. The summed E-state index contributed by atoms with van der Waals surface area (Å²) >= 11 is 0. The molecule has 1 aromatic heterocycles. The predicted molar refractivity (Wildman–Crippen MR) is 104 cm³/mol. The van der Waals surface area contributed by atoms with Crippen LogP contribution in [0.25, 0.3) is 11.4 Å². The summed E-state index contributed by atoms with van der Waals surface area (Å²) in [5, 5.41) is 7.08. The molecule has 1 N–H and O–H groups in total. The third-order valence-electron chi connectivity index (χ3n) is 4.86. The number of carbonyl (C=O) groups excluding carboxylic acids is 1. The molecule has 0 saturated carbocycles. The number of likely N-dealkylation sites (tertiary alicyclic amines) is 1.